The lowest BCUT2D eigenvalue weighted by Crippen LogP contribution is -2.49. The molecule has 2 unspecified atom stereocenters. The second kappa shape index (κ2) is 7.01. The number of phenols is 1. The summed E-state index contributed by atoms with van der Waals surface area (Å²) in [6.07, 6.45) is 7.38. The average molecular weight is 332 g/mol. The first-order valence-electron chi connectivity index (χ1n) is 9.04. The maximum Gasteiger partial charge on any atom is 0.315 e. The molecular formula is C19H28N2O3. The topological polar surface area (TPSA) is 81.6 Å². The Kier molecular flexibility index (Phi) is 4.99. The van der Waals surface area contributed by atoms with E-state index in [4.69, 9.17) is 0 Å². The maximum atomic E-state index is 12.2. The van der Waals surface area contributed by atoms with Crippen molar-refractivity contribution < 1.29 is 15.0 Å². The zero-order valence-corrected chi connectivity index (χ0v) is 14.3. The third-order valence-corrected chi connectivity index (χ3v) is 5.60. The van der Waals surface area contributed by atoms with Crippen LogP contribution in [0, 0.1) is 5.92 Å². The van der Waals surface area contributed by atoms with Gasteiger partial charge in [-0.2, -0.15) is 0 Å². The van der Waals surface area contributed by atoms with Crippen molar-refractivity contribution in [2.24, 2.45) is 5.92 Å². The molecule has 1 fully saturated rings. The third kappa shape index (κ3) is 3.83. The van der Waals surface area contributed by atoms with E-state index in [1.54, 1.807) is 12.1 Å². The van der Waals surface area contributed by atoms with Crippen LogP contribution in [0.25, 0.3) is 0 Å². The first-order valence-corrected chi connectivity index (χ1v) is 9.04. The van der Waals surface area contributed by atoms with E-state index < -0.39 is 5.60 Å². The van der Waals surface area contributed by atoms with E-state index in [0.29, 0.717) is 0 Å². The molecule has 4 N–H and O–H groups in total. The van der Waals surface area contributed by atoms with E-state index in [2.05, 4.69) is 10.6 Å². The van der Waals surface area contributed by atoms with Gasteiger partial charge in [0, 0.05) is 6.54 Å². The zero-order chi connectivity index (χ0) is 17.2. The highest BCUT2D eigenvalue weighted by Crippen LogP contribution is 2.34. The van der Waals surface area contributed by atoms with Gasteiger partial charge in [-0.1, -0.05) is 25.3 Å². The number of aromatic hydroxyl groups is 1. The fraction of sp³-hybridized carbons (Fsp3) is 0.632. The number of aryl methyl sites for hydroxylation is 1. The fourth-order valence-corrected chi connectivity index (χ4v) is 4.08. The van der Waals surface area contributed by atoms with E-state index >= 15 is 0 Å². The van der Waals surface area contributed by atoms with Gasteiger partial charge in [0.15, 0.2) is 0 Å². The first-order chi connectivity index (χ1) is 11.5. The number of aliphatic hydroxyl groups is 1. The molecule has 1 saturated carbocycles. The number of hydrogen-bond donors (Lipinski definition) is 4. The summed E-state index contributed by atoms with van der Waals surface area (Å²) in [5, 5.41) is 26.1. The number of hydrogen-bond acceptors (Lipinski definition) is 3. The Morgan fingerprint density at radius 2 is 2.00 bits per heavy atom. The number of carbonyl (C=O) groups excluding carboxylic acids is 1. The molecule has 2 aliphatic carbocycles. The molecule has 0 heterocycles. The first kappa shape index (κ1) is 17.1. The smallest absolute Gasteiger partial charge is 0.315 e. The minimum absolute atomic E-state index is 0.0771. The van der Waals surface area contributed by atoms with Crippen molar-refractivity contribution in [2.45, 2.75) is 63.5 Å². The van der Waals surface area contributed by atoms with Crippen LogP contribution in [0.4, 0.5) is 4.79 Å². The summed E-state index contributed by atoms with van der Waals surface area (Å²) in [5.74, 6) is 0.485. The summed E-state index contributed by atoms with van der Waals surface area (Å²) in [4.78, 5) is 12.2. The Labute approximate surface area is 143 Å². The highest BCUT2D eigenvalue weighted by atomic mass is 16.3. The number of phenolic OH excluding ortho intramolecular Hbond substituents is 1. The van der Waals surface area contributed by atoms with Crippen LogP contribution in [0.15, 0.2) is 18.2 Å². The molecule has 1 aromatic carbocycles. The lowest BCUT2D eigenvalue weighted by atomic mass is 9.78. The van der Waals surface area contributed by atoms with Gasteiger partial charge in [-0.25, -0.2) is 4.79 Å². The molecule has 1 aromatic rings. The molecule has 5 nitrogen and oxygen atoms in total. The number of fused-ring (bicyclic) bond motifs is 1. The zero-order valence-electron chi connectivity index (χ0n) is 14.3. The molecule has 0 bridgehead atoms. The lowest BCUT2D eigenvalue weighted by Gasteiger charge is -2.35. The number of urea groups is 1. The van der Waals surface area contributed by atoms with Gasteiger partial charge in [0.05, 0.1) is 11.6 Å². The molecule has 2 amide bonds. The summed E-state index contributed by atoms with van der Waals surface area (Å²) < 4.78 is 0. The largest absolute Gasteiger partial charge is 0.508 e. The van der Waals surface area contributed by atoms with Crippen LogP contribution in [0.1, 0.15) is 62.6 Å². The summed E-state index contributed by atoms with van der Waals surface area (Å²) in [5.41, 5.74) is 1.31. The van der Waals surface area contributed by atoms with Crippen molar-refractivity contribution in [2.75, 3.05) is 6.54 Å². The molecule has 0 aliphatic heterocycles. The second-order valence-corrected chi connectivity index (χ2v) is 7.49. The van der Waals surface area contributed by atoms with Gasteiger partial charge in [0.1, 0.15) is 5.75 Å². The molecule has 132 valence electrons. The van der Waals surface area contributed by atoms with E-state index in [9.17, 15) is 15.0 Å². The van der Waals surface area contributed by atoms with Crippen molar-refractivity contribution in [1.29, 1.82) is 0 Å². The van der Waals surface area contributed by atoms with Gasteiger partial charge >= 0.3 is 6.03 Å². The minimum Gasteiger partial charge on any atom is -0.508 e. The number of nitrogens with one attached hydrogen (secondary N) is 2. The molecular weight excluding hydrogens is 304 g/mol. The quantitative estimate of drug-likeness (QED) is 0.684. The summed E-state index contributed by atoms with van der Waals surface area (Å²) in [7, 11) is 0. The van der Waals surface area contributed by atoms with Crippen LogP contribution in [-0.2, 0) is 6.42 Å². The van der Waals surface area contributed by atoms with E-state index in [-0.39, 0.29) is 30.3 Å². The van der Waals surface area contributed by atoms with Gasteiger partial charge in [0.2, 0.25) is 0 Å². The van der Waals surface area contributed by atoms with Gasteiger partial charge < -0.3 is 20.8 Å². The van der Waals surface area contributed by atoms with E-state index in [1.165, 1.54) is 12.0 Å². The van der Waals surface area contributed by atoms with Gasteiger partial charge in [0.25, 0.3) is 0 Å². The molecule has 24 heavy (non-hydrogen) atoms. The summed E-state index contributed by atoms with van der Waals surface area (Å²) >= 11 is 0. The number of rotatable bonds is 4. The normalized spacial score (nSPS) is 23.3. The van der Waals surface area contributed by atoms with Gasteiger partial charge in [-0.05, 0) is 61.8 Å². The molecule has 2 aliphatic rings. The second-order valence-electron chi connectivity index (χ2n) is 7.49. The third-order valence-electron chi connectivity index (χ3n) is 5.60. The number of amides is 2. The Bertz CT molecular complexity index is 594. The van der Waals surface area contributed by atoms with Crippen LogP contribution >= 0.6 is 0 Å². The summed E-state index contributed by atoms with van der Waals surface area (Å²) in [6.45, 7) is 2.09. The number of carbonyl (C=O) groups is 1. The van der Waals surface area contributed by atoms with E-state index in [1.807, 2.05) is 13.0 Å². The van der Waals surface area contributed by atoms with Crippen LogP contribution in [0.5, 0.6) is 5.75 Å². The van der Waals surface area contributed by atoms with Crippen molar-refractivity contribution >= 4 is 6.03 Å². The monoisotopic (exact) mass is 332 g/mol. The SMILES string of the molecule is CC(O)(CNC(=O)NC1CCc2ccc(O)cc21)C1CCCCC1. The highest BCUT2D eigenvalue weighted by Gasteiger charge is 2.33. The number of benzene rings is 1. The van der Waals surface area contributed by atoms with Crippen LogP contribution < -0.4 is 10.6 Å². The molecule has 0 aromatic heterocycles. The lowest BCUT2D eigenvalue weighted by molar-refractivity contribution is -0.0131. The van der Waals surface area contributed by atoms with Gasteiger partial charge in [-0.15, -0.1) is 0 Å². The molecule has 3 rings (SSSR count). The van der Waals surface area contributed by atoms with E-state index in [0.717, 1.165) is 44.1 Å². The average Bonchev–Trinajstić information content (AvgIpc) is 2.96. The Morgan fingerprint density at radius 3 is 2.75 bits per heavy atom. The Balaban J connectivity index is 1.52. The minimum atomic E-state index is -0.858. The predicted octanol–water partition coefficient (Wildman–Crippen LogP) is 3.01. The molecule has 5 heteroatoms. The predicted molar refractivity (Wildman–Crippen MR) is 92.9 cm³/mol. The molecule has 0 radical (unpaired) electrons. The van der Waals surface area contributed by atoms with Crippen LogP contribution in [0.2, 0.25) is 0 Å². The van der Waals surface area contributed by atoms with Crippen molar-refractivity contribution in [3.05, 3.63) is 29.3 Å². The highest BCUT2D eigenvalue weighted by molar-refractivity contribution is 5.74. The van der Waals surface area contributed by atoms with Crippen molar-refractivity contribution in [1.82, 2.24) is 10.6 Å². The Hall–Kier alpha value is -1.75. The maximum absolute atomic E-state index is 12.2. The fourth-order valence-electron chi connectivity index (χ4n) is 4.08. The molecule has 0 spiro atoms. The molecule has 2 atom stereocenters. The summed E-state index contributed by atoms with van der Waals surface area (Å²) in [6, 6.07) is 4.99. The van der Waals surface area contributed by atoms with Gasteiger partial charge in [-0.3, -0.25) is 0 Å². The standard InChI is InChI=1S/C19H28N2O3/c1-19(24,14-5-3-2-4-6-14)12-20-18(23)21-17-10-8-13-7-9-15(22)11-16(13)17/h7,9,11,14,17,22,24H,2-6,8,10,12H2,1H3,(H2,20,21,23). The van der Waals surface area contributed by atoms with Crippen LogP contribution in [-0.4, -0.2) is 28.4 Å². The molecule has 0 saturated heterocycles. The van der Waals surface area contributed by atoms with Crippen molar-refractivity contribution in [3.63, 3.8) is 0 Å². The Morgan fingerprint density at radius 1 is 1.25 bits per heavy atom. The van der Waals surface area contributed by atoms with Crippen LogP contribution in [0.3, 0.4) is 0 Å². The van der Waals surface area contributed by atoms with Crippen molar-refractivity contribution in [3.8, 4) is 5.75 Å².